The number of methoxy groups -OCH3 is 1. The zero-order valence-electron chi connectivity index (χ0n) is 15.0. The number of hydrogen-bond donors (Lipinski definition) is 1. The van der Waals surface area contributed by atoms with Crippen LogP contribution in [0.2, 0.25) is 0 Å². The minimum atomic E-state index is -0.140. The van der Waals surface area contributed by atoms with Gasteiger partial charge in [-0.05, 0) is 30.2 Å². The monoisotopic (exact) mass is 352 g/mol. The molecule has 1 saturated heterocycles. The Morgan fingerprint density at radius 2 is 2.00 bits per heavy atom. The highest BCUT2D eigenvalue weighted by Crippen LogP contribution is 2.18. The van der Waals surface area contributed by atoms with Gasteiger partial charge in [0.15, 0.2) is 0 Å². The van der Waals surface area contributed by atoms with Gasteiger partial charge in [0.25, 0.3) is 5.91 Å². The van der Waals surface area contributed by atoms with Crippen LogP contribution < -0.4 is 10.1 Å². The molecule has 1 N–H and O–H groups in total. The van der Waals surface area contributed by atoms with Gasteiger partial charge in [0.1, 0.15) is 5.75 Å². The molecule has 5 heteroatoms. The minimum Gasteiger partial charge on any atom is -0.497 e. The molecule has 1 atom stereocenters. The molecule has 0 spiro atoms. The molecule has 2 amide bonds. The van der Waals surface area contributed by atoms with Gasteiger partial charge in [-0.15, -0.1) is 0 Å². The van der Waals surface area contributed by atoms with Crippen LogP contribution in [0.3, 0.4) is 0 Å². The average Bonchev–Trinajstić information content (AvgIpc) is 3.05. The summed E-state index contributed by atoms with van der Waals surface area (Å²) in [6.07, 6.45) is 1.35. The van der Waals surface area contributed by atoms with Gasteiger partial charge in [-0.25, -0.2) is 0 Å². The summed E-state index contributed by atoms with van der Waals surface area (Å²) in [6, 6.07) is 17.2. The van der Waals surface area contributed by atoms with Gasteiger partial charge >= 0.3 is 0 Å². The van der Waals surface area contributed by atoms with Crippen molar-refractivity contribution in [3.63, 3.8) is 0 Å². The van der Waals surface area contributed by atoms with Crippen molar-refractivity contribution in [1.29, 1.82) is 0 Å². The van der Waals surface area contributed by atoms with Gasteiger partial charge in [-0.2, -0.15) is 0 Å². The van der Waals surface area contributed by atoms with Crippen LogP contribution >= 0.6 is 0 Å². The second-order valence-electron chi connectivity index (χ2n) is 6.59. The van der Waals surface area contributed by atoms with E-state index in [1.54, 1.807) is 31.4 Å². The van der Waals surface area contributed by atoms with Crippen LogP contribution in [0.4, 0.5) is 0 Å². The van der Waals surface area contributed by atoms with E-state index in [0.29, 0.717) is 30.8 Å². The first-order valence-electron chi connectivity index (χ1n) is 8.89. The third kappa shape index (κ3) is 4.63. The molecule has 0 bridgehead atoms. The molecule has 1 heterocycles. The van der Waals surface area contributed by atoms with E-state index < -0.39 is 0 Å². The van der Waals surface area contributed by atoms with Crippen LogP contribution in [-0.4, -0.2) is 43.5 Å². The first kappa shape index (κ1) is 18.0. The zero-order valence-corrected chi connectivity index (χ0v) is 15.0. The molecule has 1 fully saturated rings. The number of likely N-dealkylation sites (tertiary alicyclic amines) is 1. The summed E-state index contributed by atoms with van der Waals surface area (Å²) in [7, 11) is 1.57. The fraction of sp³-hybridized carbons (Fsp3) is 0.333. The number of ether oxygens (including phenoxy) is 1. The first-order chi connectivity index (χ1) is 12.7. The minimum absolute atomic E-state index is 0.140. The lowest BCUT2D eigenvalue weighted by molar-refractivity contribution is -0.127. The number of nitrogens with zero attached hydrogens (tertiary/aromatic N) is 1. The Bertz CT molecular complexity index is 761. The van der Waals surface area contributed by atoms with Crippen molar-refractivity contribution >= 4 is 11.8 Å². The van der Waals surface area contributed by atoms with Gasteiger partial charge < -0.3 is 15.0 Å². The van der Waals surface area contributed by atoms with E-state index in [2.05, 4.69) is 17.4 Å². The van der Waals surface area contributed by atoms with Crippen molar-refractivity contribution in [2.45, 2.75) is 12.8 Å². The standard InChI is InChI=1S/C21H24N2O3/c1-26-19-9-5-8-18(13-19)21(25)22-14-17-12-20(24)23(15-17)11-10-16-6-3-2-4-7-16/h2-9,13,17H,10-12,14-15H2,1H3,(H,22,25). The third-order valence-electron chi connectivity index (χ3n) is 4.69. The van der Waals surface area contributed by atoms with Crippen LogP contribution in [0.15, 0.2) is 54.6 Å². The summed E-state index contributed by atoms with van der Waals surface area (Å²) in [5.74, 6) is 0.842. The van der Waals surface area contributed by atoms with Crippen molar-refractivity contribution in [2.75, 3.05) is 26.7 Å². The summed E-state index contributed by atoms with van der Waals surface area (Å²) < 4.78 is 5.14. The predicted octanol–water partition coefficient (Wildman–Crippen LogP) is 2.52. The summed E-state index contributed by atoms with van der Waals surface area (Å²) >= 11 is 0. The van der Waals surface area contributed by atoms with Gasteiger partial charge in [0, 0.05) is 37.5 Å². The lowest BCUT2D eigenvalue weighted by Crippen LogP contribution is -2.32. The summed E-state index contributed by atoms with van der Waals surface area (Å²) in [4.78, 5) is 26.4. The van der Waals surface area contributed by atoms with Crippen LogP contribution in [0.25, 0.3) is 0 Å². The highest BCUT2D eigenvalue weighted by Gasteiger charge is 2.29. The van der Waals surface area contributed by atoms with Crippen LogP contribution in [0, 0.1) is 5.92 Å². The molecule has 1 aliphatic heterocycles. The van der Waals surface area contributed by atoms with Crippen molar-refractivity contribution in [3.8, 4) is 5.75 Å². The van der Waals surface area contributed by atoms with Crippen molar-refractivity contribution in [2.24, 2.45) is 5.92 Å². The number of carbonyl (C=O) groups excluding carboxylic acids is 2. The largest absolute Gasteiger partial charge is 0.497 e. The van der Waals surface area contributed by atoms with E-state index >= 15 is 0 Å². The van der Waals surface area contributed by atoms with E-state index in [9.17, 15) is 9.59 Å². The van der Waals surface area contributed by atoms with Gasteiger partial charge in [-0.3, -0.25) is 9.59 Å². The second-order valence-corrected chi connectivity index (χ2v) is 6.59. The number of rotatable bonds is 7. The molecule has 3 rings (SSSR count). The maximum Gasteiger partial charge on any atom is 0.251 e. The van der Waals surface area contributed by atoms with Crippen molar-refractivity contribution < 1.29 is 14.3 Å². The predicted molar refractivity (Wildman–Crippen MR) is 100 cm³/mol. The molecule has 136 valence electrons. The average molecular weight is 352 g/mol. The Morgan fingerprint density at radius 1 is 1.19 bits per heavy atom. The molecular weight excluding hydrogens is 328 g/mol. The maximum atomic E-state index is 12.3. The van der Waals surface area contributed by atoms with E-state index in [-0.39, 0.29) is 17.7 Å². The lowest BCUT2D eigenvalue weighted by atomic mass is 10.1. The topological polar surface area (TPSA) is 58.6 Å². The quantitative estimate of drug-likeness (QED) is 0.833. The SMILES string of the molecule is COc1cccc(C(=O)NCC2CC(=O)N(CCc3ccccc3)C2)c1. The van der Waals surface area contributed by atoms with Crippen molar-refractivity contribution in [1.82, 2.24) is 10.2 Å². The Balaban J connectivity index is 1.47. The van der Waals surface area contributed by atoms with Crippen LogP contribution in [0.1, 0.15) is 22.3 Å². The molecule has 1 aliphatic rings. The molecule has 5 nitrogen and oxygen atoms in total. The Kier molecular flexibility index (Phi) is 5.89. The number of nitrogens with one attached hydrogen (secondary N) is 1. The van der Waals surface area contributed by atoms with Gasteiger partial charge in [0.2, 0.25) is 5.91 Å². The smallest absolute Gasteiger partial charge is 0.251 e. The highest BCUT2D eigenvalue weighted by molar-refractivity contribution is 5.94. The Hall–Kier alpha value is -2.82. The highest BCUT2D eigenvalue weighted by atomic mass is 16.5. The molecule has 1 unspecified atom stereocenters. The molecule has 26 heavy (non-hydrogen) atoms. The van der Waals surface area contributed by atoms with Crippen molar-refractivity contribution in [3.05, 3.63) is 65.7 Å². The van der Waals surface area contributed by atoms with E-state index in [1.165, 1.54) is 5.56 Å². The normalized spacial score (nSPS) is 16.6. The molecule has 0 aromatic heterocycles. The molecule has 2 aromatic rings. The molecule has 2 aromatic carbocycles. The third-order valence-corrected chi connectivity index (χ3v) is 4.69. The Labute approximate surface area is 154 Å². The first-order valence-corrected chi connectivity index (χ1v) is 8.89. The summed E-state index contributed by atoms with van der Waals surface area (Å²) in [6.45, 7) is 1.93. The van der Waals surface area contributed by atoms with E-state index in [4.69, 9.17) is 4.74 Å². The molecule has 0 radical (unpaired) electrons. The Morgan fingerprint density at radius 3 is 2.77 bits per heavy atom. The van der Waals surface area contributed by atoms with Crippen LogP contribution in [-0.2, 0) is 11.2 Å². The maximum absolute atomic E-state index is 12.3. The summed E-state index contributed by atoms with van der Waals surface area (Å²) in [5.41, 5.74) is 1.80. The zero-order chi connectivity index (χ0) is 18.4. The number of amides is 2. The van der Waals surface area contributed by atoms with Gasteiger partial charge in [0.05, 0.1) is 7.11 Å². The van der Waals surface area contributed by atoms with Crippen LogP contribution in [0.5, 0.6) is 5.75 Å². The van der Waals surface area contributed by atoms with E-state index in [0.717, 1.165) is 13.0 Å². The summed E-state index contributed by atoms with van der Waals surface area (Å²) in [5, 5.41) is 2.93. The molecule has 0 saturated carbocycles. The number of benzene rings is 2. The molecule has 0 aliphatic carbocycles. The van der Waals surface area contributed by atoms with E-state index in [1.807, 2.05) is 23.1 Å². The lowest BCUT2D eigenvalue weighted by Gasteiger charge is -2.17. The number of hydrogen-bond acceptors (Lipinski definition) is 3. The molecular formula is C21H24N2O3. The fourth-order valence-electron chi connectivity index (χ4n) is 3.22. The number of carbonyl (C=O) groups is 2. The second kappa shape index (κ2) is 8.52. The fourth-order valence-corrected chi connectivity index (χ4v) is 3.22. The van der Waals surface area contributed by atoms with Gasteiger partial charge in [-0.1, -0.05) is 36.4 Å².